The first-order chi connectivity index (χ1) is 11.2. The molecule has 0 unspecified atom stereocenters. The first-order valence-electron chi connectivity index (χ1n) is 8.13. The van der Waals surface area contributed by atoms with Gasteiger partial charge in [0.05, 0.1) is 23.7 Å². The molecule has 3 N–H and O–H groups in total. The molecule has 122 valence electrons. The number of nitrogens with zero attached hydrogens (tertiary/aromatic N) is 2. The summed E-state index contributed by atoms with van der Waals surface area (Å²) in [5.74, 6) is 0.552. The summed E-state index contributed by atoms with van der Waals surface area (Å²) in [4.78, 5) is 0. The van der Waals surface area contributed by atoms with Crippen LogP contribution in [0.1, 0.15) is 43.9 Å². The van der Waals surface area contributed by atoms with Crippen LogP contribution >= 0.6 is 0 Å². The molecule has 3 aliphatic rings. The Morgan fingerprint density at radius 1 is 1.52 bits per heavy atom. The Morgan fingerprint density at radius 2 is 2.39 bits per heavy atom. The average Bonchev–Trinajstić information content (AvgIpc) is 3.14. The van der Waals surface area contributed by atoms with E-state index in [0.29, 0.717) is 18.1 Å². The summed E-state index contributed by atoms with van der Waals surface area (Å²) in [5, 5.41) is 17.1. The second-order valence-corrected chi connectivity index (χ2v) is 6.37. The highest BCUT2D eigenvalue weighted by molar-refractivity contribution is 5.55. The van der Waals surface area contributed by atoms with E-state index in [1.54, 1.807) is 0 Å². The zero-order valence-electron chi connectivity index (χ0n) is 13.1. The van der Waals surface area contributed by atoms with Gasteiger partial charge in [0, 0.05) is 5.69 Å². The fourth-order valence-electron chi connectivity index (χ4n) is 3.93. The van der Waals surface area contributed by atoms with E-state index >= 15 is 0 Å². The van der Waals surface area contributed by atoms with Crippen LogP contribution in [0.25, 0.3) is 0 Å². The second kappa shape index (κ2) is 5.25. The Hall–Kier alpha value is -2.04. The van der Waals surface area contributed by atoms with Gasteiger partial charge < -0.3 is 19.9 Å². The topological polar surface area (TPSA) is 106 Å². The number of unbranched alkanes of at least 4 members (excludes halogenated alkanes) is 1. The fraction of sp³-hybridized carbons (Fsp3) is 0.625. The molecule has 3 aliphatic heterocycles. The molecular weight excluding hydrogens is 296 g/mol. The normalized spacial score (nSPS) is 31.8. The lowest BCUT2D eigenvalue weighted by molar-refractivity contribution is -0.126. The number of H-pyrrole nitrogens is 1. The number of fused-ring (bicyclic) bond motifs is 5. The summed E-state index contributed by atoms with van der Waals surface area (Å²) in [6.45, 7) is 2.70. The summed E-state index contributed by atoms with van der Waals surface area (Å²) in [7, 11) is 0. The number of nitriles is 1. The van der Waals surface area contributed by atoms with Gasteiger partial charge in [-0.1, -0.05) is 13.3 Å². The molecule has 4 rings (SSSR count). The van der Waals surface area contributed by atoms with E-state index in [9.17, 15) is 5.26 Å². The molecule has 23 heavy (non-hydrogen) atoms. The molecule has 2 fully saturated rings. The van der Waals surface area contributed by atoms with Gasteiger partial charge in [0.15, 0.2) is 6.29 Å². The first kappa shape index (κ1) is 14.5. The van der Waals surface area contributed by atoms with Crippen molar-refractivity contribution < 1.29 is 14.2 Å². The van der Waals surface area contributed by atoms with Gasteiger partial charge in [-0.25, -0.2) is 0 Å². The highest BCUT2D eigenvalue weighted by Gasteiger charge is 2.58. The van der Waals surface area contributed by atoms with Crippen LogP contribution in [0.4, 0.5) is 0 Å². The number of hydrogen-bond donors (Lipinski definition) is 2. The number of aromatic amines is 1. The maximum absolute atomic E-state index is 9.73. The van der Waals surface area contributed by atoms with Crippen molar-refractivity contribution in [1.29, 1.82) is 5.26 Å². The van der Waals surface area contributed by atoms with Gasteiger partial charge in [-0.15, -0.1) is 5.10 Å². The van der Waals surface area contributed by atoms with Gasteiger partial charge in [0.1, 0.15) is 11.6 Å². The van der Waals surface area contributed by atoms with Gasteiger partial charge in [0.2, 0.25) is 11.8 Å². The largest absolute Gasteiger partial charge is 0.420 e. The third-order valence-electron chi connectivity index (χ3n) is 5.06. The van der Waals surface area contributed by atoms with E-state index in [2.05, 4.69) is 23.2 Å². The number of aromatic nitrogens is 2. The van der Waals surface area contributed by atoms with Gasteiger partial charge in [-0.05, 0) is 25.7 Å². The van der Waals surface area contributed by atoms with Gasteiger partial charge in [-0.2, -0.15) is 5.26 Å². The van der Waals surface area contributed by atoms with Crippen LogP contribution in [0, 0.1) is 11.3 Å². The molecule has 2 saturated heterocycles. The van der Waals surface area contributed by atoms with Crippen molar-refractivity contribution in [2.24, 2.45) is 5.73 Å². The Balaban J connectivity index is 1.89. The zero-order chi connectivity index (χ0) is 16.0. The summed E-state index contributed by atoms with van der Waals surface area (Å²) in [6.07, 6.45) is 4.12. The van der Waals surface area contributed by atoms with Crippen LogP contribution in [-0.2, 0) is 21.3 Å². The highest BCUT2D eigenvalue weighted by atomic mass is 16.7. The van der Waals surface area contributed by atoms with Crippen molar-refractivity contribution in [3.8, 4) is 11.9 Å². The van der Waals surface area contributed by atoms with Crippen molar-refractivity contribution in [2.75, 3.05) is 6.61 Å². The maximum atomic E-state index is 9.73. The minimum atomic E-state index is -0.713. The van der Waals surface area contributed by atoms with Crippen molar-refractivity contribution in [1.82, 2.24) is 10.2 Å². The number of hydrogen-bond acceptors (Lipinski definition) is 6. The van der Waals surface area contributed by atoms with E-state index < -0.39 is 11.7 Å². The van der Waals surface area contributed by atoms with E-state index in [0.717, 1.165) is 43.4 Å². The standard InChI is InChI=1S/C16H20N4O3/c1-2-3-4-11-12-14(20-19-11)23-13(18)10(7-17)16(12)6-5-9-8-21-15(16)22-9/h9,15H,2-6,8,18H2,1H3,(H,19,20)/t9-,15+,16+/m0/s1. The highest BCUT2D eigenvalue weighted by Crippen LogP contribution is 2.54. The van der Waals surface area contributed by atoms with Crippen LogP contribution in [0.2, 0.25) is 0 Å². The number of rotatable bonds is 3. The quantitative estimate of drug-likeness (QED) is 0.877. The predicted molar refractivity (Wildman–Crippen MR) is 80.2 cm³/mol. The predicted octanol–water partition coefficient (Wildman–Crippen LogP) is 1.61. The molecule has 1 aromatic heterocycles. The van der Waals surface area contributed by atoms with Crippen LogP contribution in [0.15, 0.2) is 11.5 Å². The molecule has 0 saturated carbocycles. The summed E-state index contributed by atoms with van der Waals surface area (Å²) in [6, 6.07) is 2.24. The van der Waals surface area contributed by atoms with Crippen LogP contribution in [-0.4, -0.2) is 29.2 Å². The fourth-order valence-corrected chi connectivity index (χ4v) is 3.93. The van der Waals surface area contributed by atoms with Crippen LogP contribution in [0.3, 0.4) is 0 Å². The summed E-state index contributed by atoms with van der Waals surface area (Å²) < 4.78 is 17.5. The number of nitrogens with one attached hydrogen (secondary N) is 1. The Kier molecular flexibility index (Phi) is 3.32. The summed E-state index contributed by atoms with van der Waals surface area (Å²) >= 11 is 0. The molecule has 0 amide bonds. The molecule has 0 aliphatic carbocycles. The molecule has 7 nitrogen and oxygen atoms in total. The lowest BCUT2D eigenvalue weighted by Crippen LogP contribution is -2.48. The maximum Gasteiger partial charge on any atom is 0.244 e. The molecule has 4 heterocycles. The molecule has 0 radical (unpaired) electrons. The molecular formula is C16H20N4O3. The zero-order valence-corrected chi connectivity index (χ0v) is 13.1. The van der Waals surface area contributed by atoms with Crippen molar-refractivity contribution in [3.05, 3.63) is 22.7 Å². The van der Waals surface area contributed by atoms with Gasteiger partial charge in [0.25, 0.3) is 0 Å². The van der Waals surface area contributed by atoms with Gasteiger partial charge in [-0.3, -0.25) is 5.10 Å². The molecule has 2 bridgehead atoms. The summed E-state index contributed by atoms with van der Waals surface area (Å²) in [5.41, 5.74) is 7.58. The third-order valence-corrected chi connectivity index (χ3v) is 5.06. The molecule has 3 atom stereocenters. The lowest BCUT2D eigenvalue weighted by Gasteiger charge is -2.42. The molecule has 7 heteroatoms. The van der Waals surface area contributed by atoms with Gasteiger partial charge >= 0.3 is 0 Å². The molecule has 1 spiro atoms. The molecule has 0 aromatic carbocycles. The van der Waals surface area contributed by atoms with Crippen molar-refractivity contribution in [2.45, 2.75) is 56.8 Å². The lowest BCUT2D eigenvalue weighted by atomic mass is 9.68. The smallest absolute Gasteiger partial charge is 0.244 e. The number of nitrogens with two attached hydrogens (primary N) is 1. The Bertz CT molecular complexity index is 705. The Labute approximate surface area is 134 Å². The average molecular weight is 316 g/mol. The number of aryl methyl sites for hydroxylation is 1. The first-order valence-corrected chi connectivity index (χ1v) is 8.13. The van der Waals surface area contributed by atoms with Crippen LogP contribution in [0.5, 0.6) is 5.88 Å². The Morgan fingerprint density at radius 3 is 3.17 bits per heavy atom. The monoisotopic (exact) mass is 316 g/mol. The van der Waals surface area contributed by atoms with Crippen LogP contribution < -0.4 is 10.5 Å². The third kappa shape index (κ3) is 1.92. The minimum Gasteiger partial charge on any atom is -0.420 e. The SMILES string of the molecule is CCCCc1[nH]nc2c1[C@@]1(CC[C@H]3CO[C@@H]1O3)C(C#N)=C(N)O2. The van der Waals surface area contributed by atoms with E-state index in [-0.39, 0.29) is 12.0 Å². The van der Waals surface area contributed by atoms with Crippen molar-refractivity contribution in [3.63, 3.8) is 0 Å². The van der Waals surface area contributed by atoms with E-state index in [1.807, 2.05) is 0 Å². The van der Waals surface area contributed by atoms with E-state index in [4.69, 9.17) is 19.9 Å². The van der Waals surface area contributed by atoms with Crippen molar-refractivity contribution >= 4 is 0 Å². The minimum absolute atomic E-state index is 0.101. The second-order valence-electron chi connectivity index (χ2n) is 6.37. The van der Waals surface area contributed by atoms with E-state index in [1.165, 1.54) is 0 Å². The number of ether oxygens (including phenoxy) is 3. The molecule has 1 aromatic rings.